The largest absolute Gasteiger partial charge is 0.505 e. The average Bonchev–Trinajstić information content (AvgIpc) is 2.82. The van der Waals surface area contributed by atoms with Gasteiger partial charge in [0.25, 0.3) is 0 Å². The molecule has 1 saturated heterocycles. The normalized spacial score (nSPS) is 18.5. The van der Waals surface area contributed by atoms with E-state index in [-0.39, 0.29) is 23.4 Å². The van der Waals surface area contributed by atoms with Crippen molar-refractivity contribution < 1.29 is 23.0 Å². The molecule has 1 heterocycles. The number of rotatable bonds is 6. The second kappa shape index (κ2) is 9.61. The van der Waals surface area contributed by atoms with E-state index >= 15 is 0 Å². The quantitative estimate of drug-likeness (QED) is 0.407. The second-order valence-electron chi connectivity index (χ2n) is 8.17. The Morgan fingerprint density at radius 3 is 2.22 bits per heavy atom. The zero-order valence-electron chi connectivity index (χ0n) is 17.7. The maximum absolute atomic E-state index is 14.9. The van der Waals surface area contributed by atoms with Crippen LogP contribution in [0.1, 0.15) is 37.2 Å². The molecule has 3 aromatic rings. The Morgan fingerprint density at radius 2 is 1.59 bits per heavy atom. The molecule has 2 atom stereocenters. The zero-order valence-corrected chi connectivity index (χ0v) is 17.7. The summed E-state index contributed by atoms with van der Waals surface area (Å²) >= 11 is 0. The van der Waals surface area contributed by atoms with Gasteiger partial charge < -0.3 is 9.84 Å². The first kappa shape index (κ1) is 22.2. The molecular weight excluding hydrogens is 413 g/mol. The fourth-order valence-corrected chi connectivity index (χ4v) is 4.21. The molecule has 0 radical (unpaired) electrons. The lowest BCUT2D eigenvalue weighted by molar-refractivity contribution is -0.000212. The van der Waals surface area contributed by atoms with Crippen molar-refractivity contribution >= 4 is 0 Å². The highest BCUT2D eigenvalue weighted by Crippen LogP contribution is 2.34. The Hall–Kier alpha value is -3.05. The Balaban J connectivity index is 1.49. The van der Waals surface area contributed by atoms with Crippen LogP contribution in [0.4, 0.5) is 13.2 Å². The summed E-state index contributed by atoms with van der Waals surface area (Å²) in [7, 11) is 0. The minimum Gasteiger partial charge on any atom is -0.505 e. The van der Waals surface area contributed by atoms with E-state index in [9.17, 15) is 18.3 Å². The van der Waals surface area contributed by atoms with Crippen LogP contribution in [0.2, 0.25) is 0 Å². The first-order valence-electron chi connectivity index (χ1n) is 10.8. The van der Waals surface area contributed by atoms with E-state index < -0.39 is 17.4 Å². The Bertz CT molecular complexity index is 1100. The lowest BCUT2D eigenvalue weighted by atomic mass is 9.89. The van der Waals surface area contributed by atoms with Crippen LogP contribution in [0.3, 0.4) is 0 Å². The second-order valence-corrected chi connectivity index (χ2v) is 8.17. The number of ether oxygens (including phenoxy) is 1. The molecule has 0 aromatic heterocycles. The minimum absolute atomic E-state index is 0.0337. The van der Waals surface area contributed by atoms with Gasteiger partial charge in [-0.1, -0.05) is 42.5 Å². The smallest absolute Gasteiger partial charge is 0.200 e. The van der Waals surface area contributed by atoms with Crippen molar-refractivity contribution in [3.63, 3.8) is 0 Å². The highest BCUT2D eigenvalue weighted by atomic mass is 19.2. The lowest BCUT2D eigenvalue weighted by Gasteiger charge is -2.29. The molecular formula is C27H25F3O2. The molecule has 0 amide bonds. The molecule has 1 N–H and O–H groups in total. The summed E-state index contributed by atoms with van der Waals surface area (Å²) in [5.74, 6) is -3.29. The molecule has 1 fully saturated rings. The molecule has 2 nitrogen and oxygen atoms in total. The van der Waals surface area contributed by atoms with Crippen molar-refractivity contribution in [2.24, 2.45) is 0 Å². The van der Waals surface area contributed by atoms with Crippen molar-refractivity contribution in [1.29, 1.82) is 0 Å². The molecule has 0 saturated carbocycles. The summed E-state index contributed by atoms with van der Waals surface area (Å²) in [6.45, 7) is 4.33. The molecule has 5 heteroatoms. The third-order valence-electron chi connectivity index (χ3n) is 6.10. The molecule has 4 rings (SSSR count). The SMILES string of the molecule is C=CCCC1CCC(c2ccc(-c3ccc(-c4ccc(O)c(F)c4F)cc3)c(F)c2)CO1. The maximum Gasteiger partial charge on any atom is 0.200 e. The lowest BCUT2D eigenvalue weighted by Crippen LogP contribution is -2.24. The number of aromatic hydroxyl groups is 1. The molecule has 3 aromatic carbocycles. The van der Waals surface area contributed by atoms with Gasteiger partial charge >= 0.3 is 0 Å². The van der Waals surface area contributed by atoms with Crippen molar-refractivity contribution in [2.75, 3.05) is 6.61 Å². The predicted molar refractivity (Wildman–Crippen MR) is 120 cm³/mol. The zero-order chi connectivity index (χ0) is 22.7. The van der Waals surface area contributed by atoms with Gasteiger partial charge in [0.2, 0.25) is 5.82 Å². The average molecular weight is 438 g/mol. The highest BCUT2D eigenvalue weighted by molar-refractivity contribution is 5.71. The Morgan fingerprint density at radius 1 is 0.906 bits per heavy atom. The summed E-state index contributed by atoms with van der Waals surface area (Å²) in [5.41, 5.74) is 2.48. The van der Waals surface area contributed by atoms with Crippen LogP contribution in [0.5, 0.6) is 5.75 Å². The number of hydrogen-bond donors (Lipinski definition) is 1. The standard InChI is InChI=1S/C27H25F3O2/c1-2-3-4-21-11-9-20(16-32-21)19-10-12-22(24(28)15-19)17-5-7-18(8-6-17)23-13-14-25(31)27(30)26(23)29/h2,5-8,10,12-15,20-21,31H,1,3-4,9,11,16H2. The van der Waals surface area contributed by atoms with Crippen LogP contribution in [-0.4, -0.2) is 17.8 Å². The van der Waals surface area contributed by atoms with Gasteiger partial charge in [0, 0.05) is 17.0 Å². The first-order chi connectivity index (χ1) is 15.5. The van der Waals surface area contributed by atoms with Gasteiger partial charge in [-0.15, -0.1) is 6.58 Å². The Kier molecular flexibility index (Phi) is 6.66. The molecule has 1 aliphatic heterocycles. The van der Waals surface area contributed by atoms with Gasteiger partial charge in [-0.3, -0.25) is 0 Å². The topological polar surface area (TPSA) is 29.5 Å². The van der Waals surface area contributed by atoms with E-state index in [1.165, 1.54) is 6.07 Å². The summed E-state index contributed by atoms with van der Waals surface area (Å²) in [6, 6.07) is 14.2. The van der Waals surface area contributed by atoms with E-state index in [4.69, 9.17) is 4.74 Å². The molecule has 1 aliphatic rings. The number of hydrogen-bond acceptors (Lipinski definition) is 2. The molecule has 166 valence electrons. The first-order valence-corrected chi connectivity index (χ1v) is 10.8. The van der Waals surface area contributed by atoms with Crippen LogP contribution < -0.4 is 0 Å². The number of benzene rings is 3. The number of phenols is 1. The summed E-state index contributed by atoms with van der Waals surface area (Å²) in [4.78, 5) is 0. The van der Waals surface area contributed by atoms with Crippen molar-refractivity contribution in [3.05, 3.63) is 90.3 Å². The van der Waals surface area contributed by atoms with E-state index in [0.29, 0.717) is 23.3 Å². The highest BCUT2D eigenvalue weighted by Gasteiger charge is 2.23. The van der Waals surface area contributed by atoms with Crippen LogP contribution >= 0.6 is 0 Å². The summed E-state index contributed by atoms with van der Waals surface area (Å²) in [5, 5.41) is 9.29. The fourth-order valence-electron chi connectivity index (χ4n) is 4.21. The number of phenolic OH excluding ortho intramolecular Hbond substituents is 1. The van der Waals surface area contributed by atoms with Crippen molar-refractivity contribution in [2.45, 2.75) is 37.7 Å². The van der Waals surface area contributed by atoms with E-state index in [2.05, 4.69) is 6.58 Å². The van der Waals surface area contributed by atoms with Crippen molar-refractivity contribution in [3.8, 4) is 28.0 Å². The monoisotopic (exact) mass is 438 g/mol. The van der Waals surface area contributed by atoms with E-state index in [0.717, 1.165) is 37.3 Å². The van der Waals surface area contributed by atoms with Gasteiger partial charge in [0.1, 0.15) is 5.82 Å². The predicted octanol–water partition coefficient (Wildman–Crippen LogP) is 7.37. The van der Waals surface area contributed by atoms with Crippen molar-refractivity contribution in [1.82, 2.24) is 0 Å². The number of allylic oxidation sites excluding steroid dienone is 1. The van der Waals surface area contributed by atoms with E-state index in [1.807, 2.05) is 12.1 Å². The van der Waals surface area contributed by atoms with Crippen LogP contribution in [0.25, 0.3) is 22.3 Å². The van der Waals surface area contributed by atoms with Gasteiger partial charge in [-0.2, -0.15) is 4.39 Å². The maximum atomic E-state index is 14.9. The fraction of sp³-hybridized carbons (Fsp3) is 0.259. The third-order valence-corrected chi connectivity index (χ3v) is 6.10. The van der Waals surface area contributed by atoms with Crippen LogP contribution in [-0.2, 0) is 4.74 Å². The summed E-state index contributed by atoms with van der Waals surface area (Å²) < 4.78 is 48.7. The number of halogens is 3. The molecule has 0 spiro atoms. The van der Waals surface area contributed by atoms with Gasteiger partial charge in [0.15, 0.2) is 11.6 Å². The van der Waals surface area contributed by atoms with Crippen LogP contribution in [0, 0.1) is 17.5 Å². The molecule has 32 heavy (non-hydrogen) atoms. The van der Waals surface area contributed by atoms with Gasteiger partial charge in [-0.05, 0) is 60.6 Å². The molecule has 2 unspecified atom stereocenters. The molecule has 0 aliphatic carbocycles. The van der Waals surface area contributed by atoms with Crippen LogP contribution in [0.15, 0.2) is 67.3 Å². The Labute approximate surface area is 186 Å². The van der Waals surface area contributed by atoms with Gasteiger partial charge in [-0.25, -0.2) is 8.78 Å². The summed E-state index contributed by atoms with van der Waals surface area (Å²) in [6.07, 6.45) is 5.97. The minimum atomic E-state index is -1.29. The third kappa shape index (κ3) is 4.58. The molecule has 0 bridgehead atoms. The van der Waals surface area contributed by atoms with E-state index in [1.54, 1.807) is 36.4 Å². The van der Waals surface area contributed by atoms with Gasteiger partial charge in [0.05, 0.1) is 12.7 Å².